The highest BCUT2D eigenvalue weighted by Gasteiger charge is 2.25. The van der Waals surface area contributed by atoms with E-state index in [1.54, 1.807) is 0 Å². The van der Waals surface area contributed by atoms with Gasteiger partial charge in [0.05, 0.1) is 0 Å². The van der Waals surface area contributed by atoms with E-state index in [9.17, 15) is 9.59 Å². The summed E-state index contributed by atoms with van der Waals surface area (Å²) >= 11 is 0. The van der Waals surface area contributed by atoms with Gasteiger partial charge in [-0.1, -0.05) is 75.1 Å². The lowest BCUT2D eigenvalue weighted by Crippen LogP contribution is -2.42. The third kappa shape index (κ3) is 5.93. The summed E-state index contributed by atoms with van der Waals surface area (Å²) in [5, 5.41) is 2.95. The highest BCUT2D eigenvalue weighted by Crippen LogP contribution is 2.25. The first-order valence-corrected chi connectivity index (χ1v) is 12.5. The fraction of sp³-hybridized carbons (Fsp3) is 0.333. The molecule has 0 aromatic heterocycles. The highest BCUT2D eigenvalue weighted by molar-refractivity contribution is 6.04. The van der Waals surface area contributed by atoms with Crippen molar-refractivity contribution in [1.82, 2.24) is 4.90 Å². The van der Waals surface area contributed by atoms with Gasteiger partial charge in [0.15, 0.2) is 0 Å². The number of amides is 2. The minimum Gasteiger partial charge on any atom is -0.336 e. The maximum absolute atomic E-state index is 13.3. The van der Waals surface area contributed by atoms with Crippen molar-refractivity contribution in [3.63, 3.8) is 0 Å². The quantitative estimate of drug-likeness (QED) is 0.392. The van der Waals surface area contributed by atoms with E-state index in [0.29, 0.717) is 22.9 Å². The number of carbonyl (C=O) groups excluding carboxylic acids is 2. The van der Waals surface area contributed by atoms with Gasteiger partial charge in [0.2, 0.25) is 0 Å². The van der Waals surface area contributed by atoms with Crippen molar-refractivity contribution in [2.75, 3.05) is 11.9 Å². The molecule has 3 aromatic rings. The van der Waals surface area contributed by atoms with Crippen LogP contribution < -0.4 is 5.32 Å². The summed E-state index contributed by atoms with van der Waals surface area (Å²) in [5.41, 5.74) is 4.17. The molecule has 0 unspecified atom stereocenters. The molecule has 4 heteroatoms. The Balaban J connectivity index is 1.40. The molecule has 3 aromatic carbocycles. The summed E-state index contributed by atoms with van der Waals surface area (Å²) in [7, 11) is 0. The average Bonchev–Trinajstić information content (AvgIpc) is 2.90. The van der Waals surface area contributed by atoms with Gasteiger partial charge in [-0.15, -0.1) is 0 Å². The van der Waals surface area contributed by atoms with Crippen LogP contribution in [-0.2, 0) is 0 Å². The lowest BCUT2D eigenvalue weighted by atomic mass is 9.93. The molecular weight excluding hydrogens is 420 g/mol. The molecule has 0 atom stereocenters. The van der Waals surface area contributed by atoms with Gasteiger partial charge < -0.3 is 10.2 Å². The Hall–Kier alpha value is -3.40. The van der Waals surface area contributed by atoms with Gasteiger partial charge in [0, 0.05) is 29.4 Å². The van der Waals surface area contributed by atoms with Crippen molar-refractivity contribution in [2.24, 2.45) is 0 Å². The molecular formula is C30H34N2O2. The number of hydrogen-bond donors (Lipinski definition) is 1. The number of unbranched alkanes of at least 4 members (excludes halogenated alkanes) is 1. The molecule has 0 radical (unpaired) electrons. The van der Waals surface area contributed by atoms with Crippen LogP contribution in [0.15, 0.2) is 78.9 Å². The molecule has 0 saturated heterocycles. The van der Waals surface area contributed by atoms with E-state index in [1.807, 2.05) is 66.7 Å². The van der Waals surface area contributed by atoms with Gasteiger partial charge in [-0.2, -0.15) is 0 Å². The molecule has 0 heterocycles. The highest BCUT2D eigenvalue weighted by atomic mass is 16.2. The van der Waals surface area contributed by atoms with E-state index in [0.717, 1.165) is 43.4 Å². The van der Waals surface area contributed by atoms with E-state index in [-0.39, 0.29) is 11.8 Å². The second kappa shape index (κ2) is 11.6. The molecule has 4 rings (SSSR count). The number of anilines is 1. The standard InChI is InChI=1S/C30H34N2O2/c1-2-3-22-32(28-12-8-5-9-13-28)30(34)26-18-20-27(21-19-26)31-29(33)25-16-14-24(15-17-25)23-10-6-4-7-11-23/h4,6-7,10-11,14-21,28H,2-3,5,8-9,12-13,22H2,1H3,(H,31,33). The second-order valence-corrected chi connectivity index (χ2v) is 9.12. The lowest BCUT2D eigenvalue weighted by molar-refractivity contribution is 0.0630. The predicted octanol–water partition coefficient (Wildman–Crippen LogP) is 7.18. The maximum atomic E-state index is 13.3. The largest absolute Gasteiger partial charge is 0.336 e. The van der Waals surface area contributed by atoms with E-state index in [4.69, 9.17) is 0 Å². The lowest BCUT2D eigenvalue weighted by Gasteiger charge is -2.34. The molecule has 4 nitrogen and oxygen atoms in total. The summed E-state index contributed by atoms with van der Waals surface area (Å²) in [4.78, 5) is 28.1. The SMILES string of the molecule is CCCCN(C(=O)c1ccc(NC(=O)c2ccc(-c3ccccc3)cc2)cc1)C1CCCCC1. The normalized spacial score (nSPS) is 13.9. The second-order valence-electron chi connectivity index (χ2n) is 9.12. The molecule has 34 heavy (non-hydrogen) atoms. The van der Waals surface area contributed by atoms with Gasteiger partial charge >= 0.3 is 0 Å². The van der Waals surface area contributed by atoms with Crippen LogP contribution in [0, 0.1) is 0 Å². The molecule has 1 aliphatic rings. The third-order valence-electron chi connectivity index (χ3n) is 6.67. The summed E-state index contributed by atoms with van der Waals surface area (Å²) in [6, 6.07) is 25.4. The van der Waals surface area contributed by atoms with Gasteiger partial charge in [-0.3, -0.25) is 9.59 Å². The van der Waals surface area contributed by atoms with Gasteiger partial charge in [0.1, 0.15) is 0 Å². The van der Waals surface area contributed by atoms with Crippen LogP contribution >= 0.6 is 0 Å². The molecule has 176 valence electrons. The van der Waals surface area contributed by atoms with Crippen molar-refractivity contribution in [2.45, 2.75) is 57.9 Å². The number of rotatable bonds is 8. The topological polar surface area (TPSA) is 49.4 Å². The Bertz CT molecular complexity index is 1070. The zero-order valence-corrected chi connectivity index (χ0v) is 20.0. The average molecular weight is 455 g/mol. The first-order chi connectivity index (χ1) is 16.7. The molecule has 2 amide bonds. The van der Waals surface area contributed by atoms with E-state index < -0.39 is 0 Å². The summed E-state index contributed by atoms with van der Waals surface area (Å²) in [5.74, 6) is -0.0554. The zero-order valence-electron chi connectivity index (χ0n) is 20.0. The van der Waals surface area contributed by atoms with Crippen LogP contribution in [0.1, 0.15) is 72.6 Å². The first kappa shape index (κ1) is 23.7. The molecule has 0 spiro atoms. The number of carbonyl (C=O) groups is 2. The summed E-state index contributed by atoms with van der Waals surface area (Å²) < 4.78 is 0. The Morgan fingerprint density at radius 1 is 0.794 bits per heavy atom. The van der Waals surface area contributed by atoms with Crippen LogP contribution in [0.25, 0.3) is 11.1 Å². The Morgan fingerprint density at radius 3 is 2.06 bits per heavy atom. The Labute approximate surface area is 203 Å². The Kier molecular flexibility index (Phi) is 8.13. The van der Waals surface area contributed by atoms with Crippen molar-refractivity contribution in [3.8, 4) is 11.1 Å². The molecule has 1 fully saturated rings. The Morgan fingerprint density at radius 2 is 1.41 bits per heavy atom. The van der Waals surface area contributed by atoms with Gasteiger partial charge in [-0.05, 0) is 66.8 Å². The van der Waals surface area contributed by atoms with Crippen LogP contribution in [0.2, 0.25) is 0 Å². The zero-order chi connectivity index (χ0) is 23.8. The molecule has 1 aliphatic carbocycles. The molecule has 0 aliphatic heterocycles. The fourth-order valence-electron chi connectivity index (χ4n) is 4.68. The van der Waals surface area contributed by atoms with Crippen LogP contribution in [0.4, 0.5) is 5.69 Å². The van der Waals surface area contributed by atoms with Crippen LogP contribution in [0.5, 0.6) is 0 Å². The van der Waals surface area contributed by atoms with E-state index >= 15 is 0 Å². The van der Waals surface area contributed by atoms with Crippen molar-refractivity contribution in [1.29, 1.82) is 0 Å². The maximum Gasteiger partial charge on any atom is 0.255 e. The predicted molar refractivity (Wildman–Crippen MR) is 139 cm³/mol. The minimum absolute atomic E-state index is 0.106. The van der Waals surface area contributed by atoms with Crippen LogP contribution in [-0.4, -0.2) is 29.3 Å². The molecule has 0 bridgehead atoms. The van der Waals surface area contributed by atoms with Gasteiger partial charge in [0.25, 0.3) is 11.8 Å². The number of nitrogens with zero attached hydrogens (tertiary/aromatic N) is 1. The summed E-state index contributed by atoms with van der Waals surface area (Å²) in [6.45, 7) is 2.98. The number of hydrogen-bond acceptors (Lipinski definition) is 2. The number of nitrogens with one attached hydrogen (secondary N) is 1. The smallest absolute Gasteiger partial charge is 0.255 e. The fourth-order valence-corrected chi connectivity index (χ4v) is 4.68. The van der Waals surface area contributed by atoms with Gasteiger partial charge in [-0.25, -0.2) is 0 Å². The first-order valence-electron chi connectivity index (χ1n) is 12.5. The van der Waals surface area contributed by atoms with Crippen molar-refractivity contribution < 1.29 is 9.59 Å². The number of benzene rings is 3. The summed E-state index contributed by atoms with van der Waals surface area (Å²) in [6.07, 6.45) is 8.00. The molecule has 1 N–H and O–H groups in total. The third-order valence-corrected chi connectivity index (χ3v) is 6.67. The minimum atomic E-state index is -0.162. The van der Waals surface area contributed by atoms with Crippen molar-refractivity contribution in [3.05, 3.63) is 90.0 Å². The van der Waals surface area contributed by atoms with Crippen molar-refractivity contribution >= 4 is 17.5 Å². The van der Waals surface area contributed by atoms with E-state index in [2.05, 4.69) is 29.3 Å². The molecule has 1 saturated carbocycles. The van der Waals surface area contributed by atoms with Crippen LogP contribution in [0.3, 0.4) is 0 Å². The monoisotopic (exact) mass is 454 g/mol. The van der Waals surface area contributed by atoms with E-state index in [1.165, 1.54) is 19.3 Å².